The average Bonchev–Trinajstić information content (AvgIpc) is 2.64. The van der Waals surface area contributed by atoms with Gasteiger partial charge >= 0.3 is 11.7 Å². The van der Waals surface area contributed by atoms with Gasteiger partial charge in [0.1, 0.15) is 5.58 Å². The second-order valence-electron chi connectivity index (χ2n) is 6.46. The maximum Gasteiger partial charge on any atom is 0.362 e. The second kappa shape index (κ2) is 7.95. The van der Waals surface area contributed by atoms with Crippen LogP contribution in [-0.4, -0.2) is 12.6 Å². The Kier molecular flexibility index (Phi) is 5.45. The van der Waals surface area contributed by atoms with Gasteiger partial charge in [0.25, 0.3) is 0 Å². The van der Waals surface area contributed by atoms with Crippen LogP contribution in [0.3, 0.4) is 0 Å². The van der Waals surface area contributed by atoms with E-state index < -0.39 is 11.7 Å². The van der Waals surface area contributed by atoms with Crippen LogP contribution in [-0.2, 0) is 0 Å². The molecule has 1 heterocycles. The van der Waals surface area contributed by atoms with E-state index in [9.17, 15) is 9.59 Å². The van der Waals surface area contributed by atoms with Crippen molar-refractivity contribution in [2.75, 3.05) is 22.5 Å². The van der Waals surface area contributed by atoms with E-state index >= 15 is 0 Å². The number of urea groups is 1. The van der Waals surface area contributed by atoms with E-state index in [4.69, 9.17) is 4.42 Å². The zero-order chi connectivity index (χ0) is 19.4. The predicted octanol–water partition coefficient (Wildman–Crippen LogP) is 4.88. The molecule has 0 saturated carbocycles. The number of carbonyl (C=O) groups excluding carboxylic acids is 1. The van der Waals surface area contributed by atoms with Gasteiger partial charge in [-0.3, -0.25) is 5.32 Å². The van der Waals surface area contributed by atoms with Crippen LogP contribution in [0.25, 0.3) is 11.0 Å². The van der Waals surface area contributed by atoms with Gasteiger partial charge in [-0.15, -0.1) is 0 Å². The Balaban J connectivity index is 1.94. The summed E-state index contributed by atoms with van der Waals surface area (Å²) in [6.07, 6.45) is 0.878. The van der Waals surface area contributed by atoms with Crippen molar-refractivity contribution in [3.63, 3.8) is 0 Å². The zero-order valence-corrected chi connectivity index (χ0v) is 15.7. The lowest BCUT2D eigenvalue weighted by atomic mass is 10.1. The molecule has 3 rings (SSSR count). The van der Waals surface area contributed by atoms with Crippen molar-refractivity contribution in [3.05, 3.63) is 64.0 Å². The first-order chi connectivity index (χ1) is 13.0. The SMILES string of the molecule is CCCNc1c(NC(=O)Nc2ccc(C)cc2C)c(=O)oc2ccccc12. The van der Waals surface area contributed by atoms with Gasteiger partial charge in [0.05, 0.1) is 5.69 Å². The molecule has 0 aliphatic carbocycles. The highest BCUT2D eigenvalue weighted by Gasteiger charge is 2.17. The summed E-state index contributed by atoms with van der Waals surface area (Å²) in [5.41, 5.74) is 3.29. The van der Waals surface area contributed by atoms with Gasteiger partial charge in [0, 0.05) is 17.6 Å². The fourth-order valence-electron chi connectivity index (χ4n) is 2.92. The molecule has 1 aromatic heterocycles. The van der Waals surface area contributed by atoms with Crippen molar-refractivity contribution in [1.29, 1.82) is 0 Å². The molecule has 2 amide bonds. The fraction of sp³-hybridized carbons (Fsp3) is 0.238. The van der Waals surface area contributed by atoms with E-state index in [-0.39, 0.29) is 5.69 Å². The Labute approximate surface area is 157 Å². The molecule has 2 aromatic carbocycles. The van der Waals surface area contributed by atoms with Gasteiger partial charge in [-0.05, 0) is 44.0 Å². The molecule has 6 heteroatoms. The highest BCUT2D eigenvalue weighted by Crippen LogP contribution is 2.28. The summed E-state index contributed by atoms with van der Waals surface area (Å²) in [6.45, 7) is 6.60. The van der Waals surface area contributed by atoms with Crippen LogP contribution in [0.5, 0.6) is 0 Å². The van der Waals surface area contributed by atoms with Crippen molar-refractivity contribution in [3.8, 4) is 0 Å². The van der Waals surface area contributed by atoms with Crippen molar-refractivity contribution in [2.24, 2.45) is 0 Å². The Bertz CT molecular complexity index is 1040. The number of fused-ring (bicyclic) bond motifs is 1. The number of hydrogen-bond donors (Lipinski definition) is 3. The summed E-state index contributed by atoms with van der Waals surface area (Å²) in [6, 6.07) is 12.5. The molecule has 3 N–H and O–H groups in total. The van der Waals surface area contributed by atoms with Crippen molar-refractivity contribution in [2.45, 2.75) is 27.2 Å². The van der Waals surface area contributed by atoms with Crippen LogP contribution in [0.15, 0.2) is 51.7 Å². The Hall–Kier alpha value is -3.28. The number of aryl methyl sites for hydroxylation is 2. The molecular formula is C21H23N3O3. The van der Waals surface area contributed by atoms with Crippen LogP contribution < -0.4 is 21.6 Å². The Morgan fingerprint density at radius 3 is 2.56 bits per heavy atom. The van der Waals surface area contributed by atoms with Crippen LogP contribution in [0.1, 0.15) is 24.5 Å². The number of nitrogens with one attached hydrogen (secondary N) is 3. The summed E-state index contributed by atoms with van der Waals surface area (Å²) in [4.78, 5) is 25.0. The first-order valence-electron chi connectivity index (χ1n) is 8.94. The third-order valence-electron chi connectivity index (χ3n) is 4.23. The minimum atomic E-state index is -0.594. The van der Waals surface area contributed by atoms with Crippen LogP contribution in [0.4, 0.5) is 21.9 Å². The molecule has 0 bridgehead atoms. The number of carbonyl (C=O) groups is 1. The summed E-state index contributed by atoms with van der Waals surface area (Å²) < 4.78 is 5.37. The molecule has 0 unspecified atom stereocenters. The van der Waals surface area contributed by atoms with E-state index in [0.29, 0.717) is 23.5 Å². The quantitative estimate of drug-likeness (QED) is 0.563. The van der Waals surface area contributed by atoms with Gasteiger partial charge in [-0.1, -0.05) is 36.8 Å². The number of amides is 2. The lowest BCUT2D eigenvalue weighted by Crippen LogP contribution is -2.25. The topological polar surface area (TPSA) is 83.4 Å². The van der Waals surface area contributed by atoms with E-state index in [1.165, 1.54) is 0 Å². The first-order valence-corrected chi connectivity index (χ1v) is 8.94. The van der Waals surface area contributed by atoms with Crippen LogP contribution in [0, 0.1) is 13.8 Å². The van der Waals surface area contributed by atoms with Crippen molar-refractivity contribution in [1.82, 2.24) is 0 Å². The Morgan fingerprint density at radius 2 is 1.81 bits per heavy atom. The molecule has 3 aromatic rings. The van der Waals surface area contributed by atoms with Gasteiger partial charge in [0.2, 0.25) is 0 Å². The molecular weight excluding hydrogens is 342 g/mol. The summed E-state index contributed by atoms with van der Waals surface area (Å²) in [7, 11) is 0. The summed E-state index contributed by atoms with van der Waals surface area (Å²) in [5.74, 6) is 0. The van der Waals surface area contributed by atoms with Crippen LogP contribution >= 0.6 is 0 Å². The molecule has 0 atom stereocenters. The molecule has 27 heavy (non-hydrogen) atoms. The normalized spacial score (nSPS) is 10.6. The van der Waals surface area contributed by atoms with Gasteiger partial charge in [-0.25, -0.2) is 9.59 Å². The molecule has 0 aliphatic heterocycles. The first kappa shape index (κ1) is 18.5. The van der Waals surface area contributed by atoms with E-state index in [1.54, 1.807) is 12.1 Å². The predicted molar refractivity (Wildman–Crippen MR) is 110 cm³/mol. The maximum atomic E-state index is 12.5. The van der Waals surface area contributed by atoms with Crippen molar-refractivity contribution >= 4 is 34.1 Å². The third kappa shape index (κ3) is 4.11. The minimum absolute atomic E-state index is 0.101. The third-order valence-corrected chi connectivity index (χ3v) is 4.23. The molecule has 6 nitrogen and oxygen atoms in total. The molecule has 0 radical (unpaired) electrons. The van der Waals surface area contributed by atoms with Crippen LogP contribution in [0.2, 0.25) is 0 Å². The smallest absolute Gasteiger partial charge is 0.362 e. The standard InChI is InChI=1S/C21H23N3O3/c1-4-11-22-18-15-7-5-6-8-17(15)27-20(25)19(18)24-21(26)23-16-10-9-13(2)12-14(16)3/h5-10,12,22H,4,11H2,1-3H3,(H2,23,24,26). The number of anilines is 3. The summed E-state index contributed by atoms with van der Waals surface area (Å²) >= 11 is 0. The van der Waals surface area contributed by atoms with E-state index in [2.05, 4.69) is 16.0 Å². The second-order valence-corrected chi connectivity index (χ2v) is 6.46. The molecule has 0 saturated heterocycles. The summed E-state index contributed by atoms with van der Waals surface area (Å²) in [5, 5.41) is 9.41. The molecule has 0 spiro atoms. The van der Waals surface area contributed by atoms with E-state index in [0.717, 1.165) is 22.9 Å². The maximum absolute atomic E-state index is 12.5. The number of benzene rings is 2. The molecule has 0 aliphatic rings. The number of rotatable bonds is 5. The van der Waals surface area contributed by atoms with Gasteiger partial charge in [-0.2, -0.15) is 0 Å². The lowest BCUT2D eigenvalue weighted by Gasteiger charge is -2.15. The van der Waals surface area contributed by atoms with Gasteiger partial charge in [0.15, 0.2) is 5.69 Å². The fourth-order valence-corrected chi connectivity index (χ4v) is 2.92. The van der Waals surface area contributed by atoms with Gasteiger partial charge < -0.3 is 15.1 Å². The zero-order valence-electron chi connectivity index (χ0n) is 15.7. The highest BCUT2D eigenvalue weighted by molar-refractivity contribution is 6.06. The molecule has 0 fully saturated rings. The monoisotopic (exact) mass is 365 g/mol. The number of para-hydroxylation sites is 1. The van der Waals surface area contributed by atoms with Crippen molar-refractivity contribution < 1.29 is 9.21 Å². The lowest BCUT2D eigenvalue weighted by molar-refractivity contribution is 0.262. The molecule has 140 valence electrons. The van der Waals surface area contributed by atoms with E-state index in [1.807, 2.05) is 51.1 Å². The minimum Gasteiger partial charge on any atom is -0.421 e. The average molecular weight is 365 g/mol. The highest BCUT2D eigenvalue weighted by atomic mass is 16.4. The Morgan fingerprint density at radius 1 is 1.04 bits per heavy atom. The number of hydrogen-bond acceptors (Lipinski definition) is 4. The largest absolute Gasteiger partial charge is 0.421 e.